The summed E-state index contributed by atoms with van der Waals surface area (Å²) in [5, 5.41) is 9.73. The van der Waals surface area contributed by atoms with Crippen LogP contribution in [0.15, 0.2) is 24.3 Å². The number of esters is 2. The molecule has 0 radical (unpaired) electrons. The molecule has 0 spiro atoms. The summed E-state index contributed by atoms with van der Waals surface area (Å²) >= 11 is 0. The van der Waals surface area contributed by atoms with Crippen LogP contribution < -0.4 is 0 Å². The fourth-order valence-electron chi connectivity index (χ4n) is 12.9. The number of allylic oxidation sites excluding steroid dienone is 4. The topological polar surface area (TPSA) is 72.8 Å². The van der Waals surface area contributed by atoms with Crippen LogP contribution in [0.5, 0.6) is 0 Å². The molecule has 0 bridgehead atoms. The van der Waals surface area contributed by atoms with E-state index >= 15 is 0 Å². The monoisotopic (exact) mass is 1220 g/mol. The predicted octanol–water partition coefficient (Wildman–Crippen LogP) is 28.3. The van der Waals surface area contributed by atoms with Crippen molar-refractivity contribution in [2.24, 2.45) is 0 Å². The number of ether oxygens (including phenoxy) is 2. The minimum Gasteiger partial charge on any atom is -0.462 e. The highest BCUT2D eigenvalue weighted by Gasteiger charge is 2.16. The largest absolute Gasteiger partial charge is 0.462 e. The molecule has 0 amide bonds. The van der Waals surface area contributed by atoms with Crippen LogP contribution in [0.3, 0.4) is 0 Å². The maximum Gasteiger partial charge on any atom is 0.306 e. The van der Waals surface area contributed by atoms with Crippen molar-refractivity contribution < 1.29 is 24.2 Å². The molecule has 0 rings (SSSR count). The summed E-state index contributed by atoms with van der Waals surface area (Å²) in [6, 6.07) is 0. The van der Waals surface area contributed by atoms with E-state index in [1.807, 2.05) is 0 Å². The third kappa shape index (κ3) is 76.7. The highest BCUT2D eigenvalue weighted by molar-refractivity contribution is 5.70. The molecule has 0 saturated carbocycles. The van der Waals surface area contributed by atoms with E-state index in [2.05, 4.69) is 38.2 Å². The van der Waals surface area contributed by atoms with E-state index in [0.29, 0.717) is 12.8 Å². The second-order valence-corrected chi connectivity index (χ2v) is 27.9. The number of aliphatic hydroxyl groups is 1. The van der Waals surface area contributed by atoms with Gasteiger partial charge < -0.3 is 14.6 Å². The third-order valence-corrected chi connectivity index (χ3v) is 19.0. The van der Waals surface area contributed by atoms with Gasteiger partial charge in [0.1, 0.15) is 6.61 Å². The second-order valence-electron chi connectivity index (χ2n) is 27.9. The summed E-state index contributed by atoms with van der Waals surface area (Å²) in [5.74, 6) is -0.559. The van der Waals surface area contributed by atoms with Crippen LogP contribution in [0.25, 0.3) is 0 Å². The van der Waals surface area contributed by atoms with Gasteiger partial charge in [0.05, 0.1) is 6.61 Å². The van der Waals surface area contributed by atoms with Gasteiger partial charge in [-0.2, -0.15) is 0 Å². The quantitative estimate of drug-likeness (QED) is 0.0373. The smallest absolute Gasteiger partial charge is 0.306 e. The standard InChI is InChI=1S/C82H158O5/c1-3-5-7-9-11-13-15-17-19-21-23-25-27-29-31-33-35-37-39-40-41-43-44-46-48-50-52-54-56-58-60-62-64-66-68-70-72-74-76-81(84)86-79-80(78-83)87-82(85)77-75-73-71-69-67-65-63-61-59-57-55-53-51-49-47-45-42-38-36-34-32-30-28-26-24-22-20-18-16-14-12-10-8-6-4-2/h16,18,22,24,80,83H,3-15,17,19-21,23,25-79H2,1-2H3/b18-16-,24-22-. The van der Waals surface area contributed by atoms with Gasteiger partial charge in [0.25, 0.3) is 0 Å². The molecule has 0 fully saturated rings. The van der Waals surface area contributed by atoms with Gasteiger partial charge in [-0.05, 0) is 44.9 Å². The molecule has 87 heavy (non-hydrogen) atoms. The van der Waals surface area contributed by atoms with Crippen LogP contribution >= 0.6 is 0 Å². The molecule has 516 valence electrons. The van der Waals surface area contributed by atoms with E-state index in [1.165, 1.54) is 405 Å². The van der Waals surface area contributed by atoms with E-state index in [9.17, 15) is 14.7 Å². The molecule has 1 unspecified atom stereocenters. The number of hydrogen-bond donors (Lipinski definition) is 1. The van der Waals surface area contributed by atoms with Gasteiger partial charge in [-0.15, -0.1) is 0 Å². The summed E-state index contributed by atoms with van der Waals surface area (Å²) in [4.78, 5) is 24.7. The summed E-state index contributed by atoms with van der Waals surface area (Å²) < 4.78 is 10.8. The summed E-state index contributed by atoms with van der Waals surface area (Å²) in [6.07, 6.45) is 104. The molecule has 1 N–H and O–H groups in total. The zero-order valence-electron chi connectivity index (χ0n) is 59.6. The molecular formula is C82H158O5. The van der Waals surface area contributed by atoms with Gasteiger partial charge in [-0.3, -0.25) is 9.59 Å². The number of carbonyl (C=O) groups is 2. The van der Waals surface area contributed by atoms with Crippen molar-refractivity contribution in [2.75, 3.05) is 13.2 Å². The maximum absolute atomic E-state index is 12.4. The SMILES string of the molecule is CCCCCCC/C=C\C/C=C\CCCCCCCCCCCCCCCCCCCCCCCCCC(=O)OC(CO)COC(=O)CCCCCCCCCCCCCCCCCCCCCCCCCCCCCCCCCCCCCCCC. The number of aliphatic hydroxyl groups excluding tert-OH is 1. The van der Waals surface area contributed by atoms with Crippen molar-refractivity contribution in [3.8, 4) is 0 Å². The van der Waals surface area contributed by atoms with E-state index < -0.39 is 6.10 Å². The maximum atomic E-state index is 12.4. The van der Waals surface area contributed by atoms with Gasteiger partial charge in [-0.1, -0.05) is 436 Å². The van der Waals surface area contributed by atoms with Crippen molar-refractivity contribution in [2.45, 2.75) is 476 Å². The van der Waals surface area contributed by atoms with E-state index in [0.717, 1.165) is 38.5 Å². The molecule has 0 aliphatic heterocycles. The molecule has 0 aromatic heterocycles. The number of hydrogen-bond acceptors (Lipinski definition) is 5. The highest BCUT2D eigenvalue weighted by Crippen LogP contribution is 2.21. The van der Waals surface area contributed by atoms with Crippen molar-refractivity contribution >= 4 is 11.9 Å². The van der Waals surface area contributed by atoms with Gasteiger partial charge in [-0.25, -0.2) is 0 Å². The lowest BCUT2D eigenvalue weighted by Crippen LogP contribution is -2.28. The zero-order chi connectivity index (χ0) is 62.6. The first-order valence-corrected chi connectivity index (χ1v) is 40.4. The first kappa shape index (κ1) is 85.4. The molecule has 0 aromatic rings. The first-order chi connectivity index (χ1) is 43.1. The van der Waals surface area contributed by atoms with Crippen molar-refractivity contribution in [1.29, 1.82) is 0 Å². The molecular weight excluding hydrogens is 1060 g/mol. The Hall–Kier alpha value is -1.62. The van der Waals surface area contributed by atoms with Crippen LogP contribution in [0.1, 0.15) is 470 Å². The normalized spacial score (nSPS) is 12.2. The Labute approximate surface area is 546 Å². The van der Waals surface area contributed by atoms with Gasteiger partial charge >= 0.3 is 11.9 Å². The van der Waals surface area contributed by atoms with Crippen molar-refractivity contribution in [3.63, 3.8) is 0 Å². The summed E-state index contributed by atoms with van der Waals surface area (Å²) in [6.45, 7) is 4.21. The van der Waals surface area contributed by atoms with Gasteiger partial charge in [0.15, 0.2) is 6.10 Å². The lowest BCUT2D eigenvalue weighted by Gasteiger charge is -2.15. The molecule has 5 nitrogen and oxygen atoms in total. The predicted molar refractivity (Wildman–Crippen MR) is 385 cm³/mol. The van der Waals surface area contributed by atoms with Gasteiger partial charge in [0, 0.05) is 12.8 Å². The van der Waals surface area contributed by atoms with E-state index in [1.54, 1.807) is 0 Å². The lowest BCUT2D eigenvalue weighted by molar-refractivity contribution is -0.161. The Kier molecular flexibility index (Phi) is 77.2. The minimum absolute atomic E-state index is 0.0570. The van der Waals surface area contributed by atoms with Crippen LogP contribution in [0.4, 0.5) is 0 Å². The molecule has 0 aliphatic carbocycles. The Balaban J connectivity index is 3.34. The number of rotatable bonds is 77. The average Bonchev–Trinajstić information content (AvgIpc) is 3.52. The minimum atomic E-state index is -0.769. The Morgan fingerprint density at radius 1 is 0.264 bits per heavy atom. The van der Waals surface area contributed by atoms with Crippen molar-refractivity contribution in [3.05, 3.63) is 24.3 Å². The molecule has 0 heterocycles. The molecule has 0 aromatic carbocycles. The first-order valence-electron chi connectivity index (χ1n) is 40.4. The molecule has 0 aliphatic rings. The lowest BCUT2D eigenvalue weighted by atomic mass is 10.0. The Morgan fingerprint density at radius 3 is 0.678 bits per heavy atom. The number of carbonyl (C=O) groups excluding carboxylic acids is 2. The van der Waals surface area contributed by atoms with Crippen LogP contribution in [-0.4, -0.2) is 36.4 Å². The Bertz CT molecular complexity index is 1340. The average molecular weight is 1220 g/mol. The highest BCUT2D eigenvalue weighted by atomic mass is 16.6. The van der Waals surface area contributed by atoms with E-state index in [4.69, 9.17) is 9.47 Å². The molecule has 0 saturated heterocycles. The summed E-state index contributed by atoms with van der Waals surface area (Å²) in [5.41, 5.74) is 0. The van der Waals surface area contributed by atoms with Gasteiger partial charge in [0.2, 0.25) is 0 Å². The van der Waals surface area contributed by atoms with E-state index in [-0.39, 0.29) is 25.2 Å². The van der Waals surface area contributed by atoms with Crippen LogP contribution in [-0.2, 0) is 19.1 Å². The third-order valence-electron chi connectivity index (χ3n) is 19.0. The second kappa shape index (κ2) is 78.6. The molecule has 1 atom stereocenters. The fraction of sp³-hybridized carbons (Fsp3) is 0.927. The van der Waals surface area contributed by atoms with Crippen LogP contribution in [0, 0.1) is 0 Å². The Morgan fingerprint density at radius 2 is 0.460 bits per heavy atom. The van der Waals surface area contributed by atoms with Crippen LogP contribution in [0.2, 0.25) is 0 Å². The zero-order valence-corrected chi connectivity index (χ0v) is 59.6. The fourth-order valence-corrected chi connectivity index (χ4v) is 12.9. The van der Waals surface area contributed by atoms with Crippen molar-refractivity contribution in [1.82, 2.24) is 0 Å². The molecule has 5 heteroatoms. The number of unbranched alkanes of at least 4 members (excludes halogenated alkanes) is 65. The summed E-state index contributed by atoms with van der Waals surface area (Å²) in [7, 11) is 0.